The molecule has 0 saturated heterocycles. The molecule has 198 valence electrons. The van der Waals surface area contributed by atoms with Gasteiger partial charge in [-0.05, 0) is 41.8 Å². The van der Waals surface area contributed by atoms with E-state index in [1.807, 2.05) is 54.6 Å². The highest BCUT2D eigenvalue weighted by molar-refractivity contribution is 7.89. The molecule has 0 spiro atoms. The second kappa shape index (κ2) is 10.8. The monoisotopic (exact) mass is 559 g/mol. The Kier molecular flexibility index (Phi) is 7.29. The molecule has 3 aromatic carbocycles. The lowest BCUT2D eigenvalue weighted by Gasteiger charge is -2.08. The Morgan fingerprint density at radius 2 is 1.67 bits per heavy atom. The van der Waals surface area contributed by atoms with E-state index in [9.17, 15) is 13.2 Å². The topological polar surface area (TPSA) is 143 Å². The predicted octanol–water partition coefficient (Wildman–Crippen LogP) is 4.66. The molecule has 2 aromatic heterocycles. The number of nitrogens with two attached hydrogens (primary N) is 2. The number of carbonyl (C=O) groups is 1. The van der Waals surface area contributed by atoms with Crippen LogP contribution in [0.2, 0.25) is 0 Å². The average Bonchev–Trinajstić information content (AvgIpc) is 3.55. The summed E-state index contributed by atoms with van der Waals surface area (Å²) in [7, 11) is -3.81. The number of ether oxygens (including phenoxy) is 1. The third kappa shape index (κ3) is 5.60. The number of hydrogen-bond acceptors (Lipinski definition) is 8. The van der Waals surface area contributed by atoms with Crippen LogP contribution in [0.1, 0.15) is 28.5 Å². The number of esters is 1. The first kappa shape index (κ1) is 26.3. The molecular formula is C28H25N5O4S2. The number of aromatic nitrogens is 3. The molecule has 9 nitrogen and oxygen atoms in total. The number of benzene rings is 3. The van der Waals surface area contributed by atoms with E-state index >= 15 is 0 Å². The van der Waals surface area contributed by atoms with Crippen LogP contribution >= 0.6 is 11.3 Å². The summed E-state index contributed by atoms with van der Waals surface area (Å²) in [5.74, 6) is -0.160. The number of sulfonamides is 1. The van der Waals surface area contributed by atoms with Gasteiger partial charge in [0, 0.05) is 22.9 Å². The Morgan fingerprint density at radius 3 is 2.36 bits per heavy atom. The van der Waals surface area contributed by atoms with Gasteiger partial charge in [-0.2, -0.15) is 9.78 Å². The minimum Gasteiger partial charge on any atom is -0.461 e. The molecule has 0 atom stereocenters. The van der Waals surface area contributed by atoms with Gasteiger partial charge in [0.15, 0.2) is 5.69 Å². The Morgan fingerprint density at radius 1 is 0.974 bits per heavy atom. The van der Waals surface area contributed by atoms with Crippen LogP contribution in [-0.2, 0) is 21.2 Å². The molecule has 0 aliphatic heterocycles. The smallest absolute Gasteiger partial charge is 0.357 e. The molecule has 0 unspecified atom stereocenters. The molecule has 39 heavy (non-hydrogen) atoms. The summed E-state index contributed by atoms with van der Waals surface area (Å²) in [5.41, 5.74) is 12.0. The van der Waals surface area contributed by atoms with E-state index in [-0.39, 0.29) is 17.2 Å². The van der Waals surface area contributed by atoms with Crippen molar-refractivity contribution >= 4 is 33.1 Å². The lowest BCUT2D eigenvalue weighted by atomic mass is 9.97. The maximum Gasteiger partial charge on any atom is 0.357 e. The molecular weight excluding hydrogens is 534 g/mol. The minimum absolute atomic E-state index is 0.0278. The van der Waals surface area contributed by atoms with Gasteiger partial charge in [0.1, 0.15) is 5.82 Å². The van der Waals surface area contributed by atoms with Gasteiger partial charge in [-0.1, -0.05) is 60.7 Å². The summed E-state index contributed by atoms with van der Waals surface area (Å²) in [4.78, 5) is 16.6. The number of nitrogen functional groups attached to an aromatic ring is 1. The molecule has 5 aromatic rings. The van der Waals surface area contributed by atoms with Gasteiger partial charge in [0.25, 0.3) is 0 Å². The first-order valence-corrected chi connectivity index (χ1v) is 14.4. The first-order valence-electron chi connectivity index (χ1n) is 12.0. The van der Waals surface area contributed by atoms with Crippen molar-refractivity contribution in [3.63, 3.8) is 0 Å². The van der Waals surface area contributed by atoms with Crippen LogP contribution in [0.15, 0.2) is 89.1 Å². The summed E-state index contributed by atoms with van der Waals surface area (Å²) in [6.07, 6.45) is 0.373. The maximum atomic E-state index is 12.2. The van der Waals surface area contributed by atoms with Crippen molar-refractivity contribution in [2.24, 2.45) is 5.14 Å². The number of nitrogens with zero attached hydrogens (tertiary/aromatic N) is 3. The Balaban J connectivity index is 1.60. The van der Waals surface area contributed by atoms with E-state index in [0.717, 1.165) is 27.8 Å². The second-order valence-electron chi connectivity index (χ2n) is 8.67. The summed E-state index contributed by atoms with van der Waals surface area (Å²) >= 11 is 1.23. The average molecular weight is 560 g/mol. The zero-order valence-corrected chi connectivity index (χ0v) is 22.6. The normalized spacial score (nSPS) is 11.4. The summed E-state index contributed by atoms with van der Waals surface area (Å²) in [6, 6.07) is 24.3. The standard InChI is InChI=1S/C28H25N5O4S2/c1-2-37-27(34)24-17-38-28(31-24)33-26(29)23(15-18-11-13-22(14-12-18)39(30,35)36)25(32-33)21-10-6-9-20(16-21)19-7-4-3-5-8-19/h3-14,16-17H,2,15,29H2,1H3,(H2,30,35,36). The lowest BCUT2D eigenvalue weighted by Crippen LogP contribution is -2.11. The van der Waals surface area contributed by atoms with Gasteiger partial charge >= 0.3 is 5.97 Å². The molecule has 11 heteroatoms. The third-order valence-corrected chi connectivity index (χ3v) is 7.80. The number of carbonyl (C=O) groups excluding carboxylic acids is 1. The molecule has 5 rings (SSSR count). The quantitative estimate of drug-likeness (QED) is 0.263. The number of rotatable bonds is 8. The largest absolute Gasteiger partial charge is 0.461 e. The minimum atomic E-state index is -3.81. The fraction of sp³-hybridized carbons (Fsp3) is 0.107. The number of anilines is 1. The van der Waals surface area contributed by atoms with Gasteiger partial charge in [-0.15, -0.1) is 11.3 Å². The predicted molar refractivity (Wildman–Crippen MR) is 151 cm³/mol. The SMILES string of the molecule is CCOC(=O)c1csc(-n2nc(-c3cccc(-c4ccccc4)c3)c(Cc3ccc(S(N)(=O)=O)cc3)c2N)n1. The first-order chi connectivity index (χ1) is 18.7. The van der Waals surface area contributed by atoms with E-state index in [4.69, 9.17) is 20.7 Å². The zero-order chi connectivity index (χ0) is 27.6. The van der Waals surface area contributed by atoms with Gasteiger partial charge < -0.3 is 10.5 Å². The van der Waals surface area contributed by atoms with Crippen molar-refractivity contribution < 1.29 is 17.9 Å². The summed E-state index contributed by atoms with van der Waals surface area (Å²) in [6.45, 7) is 1.97. The van der Waals surface area contributed by atoms with E-state index in [1.165, 1.54) is 28.2 Å². The molecule has 0 radical (unpaired) electrons. The Labute approximate surface area is 229 Å². The molecule has 0 amide bonds. The van der Waals surface area contributed by atoms with Crippen molar-refractivity contribution in [1.29, 1.82) is 0 Å². The van der Waals surface area contributed by atoms with E-state index < -0.39 is 16.0 Å². The van der Waals surface area contributed by atoms with Crippen LogP contribution in [0.3, 0.4) is 0 Å². The fourth-order valence-corrected chi connectivity index (χ4v) is 5.43. The molecule has 0 bridgehead atoms. The molecule has 0 fully saturated rings. The van der Waals surface area contributed by atoms with Crippen molar-refractivity contribution in [2.45, 2.75) is 18.2 Å². The zero-order valence-electron chi connectivity index (χ0n) is 20.9. The van der Waals surface area contributed by atoms with Crippen LogP contribution in [0, 0.1) is 0 Å². The summed E-state index contributed by atoms with van der Waals surface area (Å²) < 4.78 is 30.0. The van der Waals surface area contributed by atoms with Crippen LogP contribution in [0.4, 0.5) is 5.82 Å². The Bertz CT molecular complexity index is 1740. The van der Waals surface area contributed by atoms with Crippen LogP contribution in [0.5, 0.6) is 0 Å². The molecule has 2 heterocycles. The second-order valence-corrected chi connectivity index (χ2v) is 11.1. The maximum absolute atomic E-state index is 12.2. The van der Waals surface area contributed by atoms with E-state index in [0.29, 0.717) is 23.1 Å². The fourth-order valence-electron chi connectivity index (χ4n) is 4.15. The lowest BCUT2D eigenvalue weighted by molar-refractivity contribution is 0.0520. The van der Waals surface area contributed by atoms with Crippen LogP contribution < -0.4 is 10.9 Å². The van der Waals surface area contributed by atoms with Crippen molar-refractivity contribution in [3.8, 4) is 27.5 Å². The summed E-state index contributed by atoms with van der Waals surface area (Å²) in [5, 5.41) is 12.1. The van der Waals surface area contributed by atoms with Gasteiger partial charge in [-0.3, -0.25) is 0 Å². The van der Waals surface area contributed by atoms with E-state index in [1.54, 1.807) is 24.4 Å². The molecule has 0 saturated carbocycles. The van der Waals surface area contributed by atoms with Gasteiger partial charge in [0.05, 0.1) is 17.2 Å². The van der Waals surface area contributed by atoms with Gasteiger partial charge in [-0.25, -0.2) is 23.3 Å². The Hall–Kier alpha value is -4.32. The number of hydrogen-bond donors (Lipinski definition) is 2. The molecule has 0 aliphatic carbocycles. The van der Waals surface area contributed by atoms with Crippen molar-refractivity contribution in [2.75, 3.05) is 12.3 Å². The molecule has 4 N–H and O–H groups in total. The third-order valence-electron chi connectivity index (χ3n) is 6.06. The van der Waals surface area contributed by atoms with Crippen LogP contribution in [0.25, 0.3) is 27.5 Å². The number of primary sulfonamides is 1. The van der Waals surface area contributed by atoms with Crippen molar-refractivity contribution in [1.82, 2.24) is 14.8 Å². The highest BCUT2D eigenvalue weighted by Gasteiger charge is 2.22. The number of thiazole rings is 1. The van der Waals surface area contributed by atoms with E-state index in [2.05, 4.69) is 4.98 Å². The highest BCUT2D eigenvalue weighted by Crippen LogP contribution is 2.34. The van der Waals surface area contributed by atoms with Crippen molar-refractivity contribution in [3.05, 3.63) is 101 Å². The molecule has 0 aliphatic rings. The highest BCUT2D eigenvalue weighted by atomic mass is 32.2. The van der Waals surface area contributed by atoms with Gasteiger partial charge in [0.2, 0.25) is 15.2 Å². The van der Waals surface area contributed by atoms with Crippen LogP contribution in [-0.4, -0.2) is 35.8 Å².